The van der Waals surface area contributed by atoms with Crippen LogP contribution < -0.4 is 20.4 Å². The number of ether oxygens (including phenoxy) is 3. The van der Waals surface area contributed by atoms with Crippen LogP contribution in [0.4, 0.5) is 10.1 Å². The third kappa shape index (κ3) is 5.95. The van der Waals surface area contributed by atoms with Gasteiger partial charge in [0.1, 0.15) is 35.8 Å². The first-order valence-corrected chi connectivity index (χ1v) is 11.7. The molecule has 3 aromatic rings. The number of hydrogen-bond acceptors (Lipinski definition) is 10. The second kappa shape index (κ2) is 11.5. The standard InChI is InChI=1S/C25H23ClFNO10/c1-11(30)35-20-8-19-12(6-16(20)26)5-15(25(34)38-19)24(33)28-14-2-3-18(13(4-14)9-27)36-22-7-17(31)23(32)21(10-29)37-22/h2-6,8,17,21-23,29,31-32H,7,9-10H2,1H3,(H,28,33)/t17-,21-,22?,23-/m1/s1. The lowest BCUT2D eigenvalue weighted by Crippen LogP contribution is -2.51. The van der Waals surface area contributed by atoms with E-state index in [-0.39, 0.29) is 45.3 Å². The van der Waals surface area contributed by atoms with E-state index in [0.29, 0.717) is 5.39 Å². The highest BCUT2D eigenvalue weighted by Gasteiger charge is 2.37. The predicted molar refractivity (Wildman–Crippen MR) is 131 cm³/mol. The first-order chi connectivity index (χ1) is 18.1. The highest BCUT2D eigenvalue weighted by Crippen LogP contribution is 2.31. The number of fused-ring (bicyclic) bond motifs is 1. The minimum Gasteiger partial charge on any atom is -0.464 e. The maximum Gasteiger partial charge on any atom is 0.349 e. The normalized spacial score (nSPS) is 21.2. The average molecular weight is 552 g/mol. The number of carbonyl (C=O) groups is 2. The van der Waals surface area contributed by atoms with Gasteiger partial charge in [0, 0.05) is 36.0 Å². The Labute approximate surface area is 219 Å². The van der Waals surface area contributed by atoms with Gasteiger partial charge in [-0.1, -0.05) is 11.6 Å². The Bertz CT molecular complexity index is 1430. The number of carbonyl (C=O) groups excluding carboxylic acids is 2. The molecule has 1 aliphatic heterocycles. The van der Waals surface area contributed by atoms with E-state index in [2.05, 4.69) is 5.32 Å². The maximum absolute atomic E-state index is 13.8. The van der Waals surface area contributed by atoms with Crippen LogP contribution in [0.5, 0.6) is 11.5 Å². The van der Waals surface area contributed by atoms with Crippen molar-refractivity contribution < 1.29 is 47.9 Å². The smallest absolute Gasteiger partial charge is 0.349 e. The van der Waals surface area contributed by atoms with Gasteiger partial charge in [0.25, 0.3) is 5.91 Å². The molecule has 1 amide bonds. The van der Waals surface area contributed by atoms with Gasteiger partial charge in [-0.25, -0.2) is 9.18 Å². The first kappa shape index (κ1) is 27.5. The number of amides is 1. The Hall–Kier alpha value is -3.55. The molecular formula is C25H23ClFNO10. The Morgan fingerprint density at radius 2 is 1.95 bits per heavy atom. The molecule has 202 valence electrons. The summed E-state index contributed by atoms with van der Waals surface area (Å²) in [5, 5.41) is 31.9. The molecule has 0 radical (unpaired) electrons. The predicted octanol–water partition coefficient (Wildman–Crippen LogP) is 2.30. The van der Waals surface area contributed by atoms with E-state index in [1.54, 1.807) is 0 Å². The van der Waals surface area contributed by atoms with Crippen molar-refractivity contribution in [2.45, 2.75) is 44.6 Å². The Morgan fingerprint density at radius 1 is 1.18 bits per heavy atom. The highest BCUT2D eigenvalue weighted by atomic mass is 35.5. The summed E-state index contributed by atoms with van der Waals surface area (Å²) >= 11 is 6.11. The summed E-state index contributed by atoms with van der Waals surface area (Å²) in [7, 11) is 0. The van der Waals surface area contributed by atoms with Gasteiger partial charge in [-0.3, -0.25) is 9.59 Å². The number of halogens is 2. The molecule has 4 rings (SSSR count). The molecule has 0 saturated carbocycles. The van der Waals surface area contributed by atoms with Crippen LogP contribution in [0.3, 0.4) is 0 Å². The van der Waals surface area contributed by atoms with Crippen LogP contribution in [0.1, 0.15) is 29.3 Å². The van der Waals surface area contributed by atoms with Crippen molar-refractivity contribution in [1.29, 1.82) is 0 Å². The van der Waals surface area contributed by atoms with Crippen molar-refractivity contribution in [3.05, 3.63) is 63.0 Å². The molecule has 2 aromatic carbocycles. The van der Waals surface area contributed by atoms with Crippen LogP contribution in [0.15, 0.2) is 45.6 Å². The number of benzene rings is 2. The van der Waals surface area contributed by atoms with Crippen LogP contribution in [-0.4, -0.2) is 58.4 Å². The van der Waals surface area contributed by atoms with Crippen molar-refractivity contribution >= 4 is 40.1 Å². The largest absolute Gasteiger partial charge is 0.464 e. The molecule has 1 aromatic heterocycles. The fourth-order valence-electron chi connectivity index (χ4n) is 3.87. The summed E-state index contributed by atoms with van der Waals surface area (Å²) in [6.45, 7) is -0.355. The zero-order valence-corrected chi connectivity index (χ0v) is 20.6. The molecular weight excluding hydrogens is 529 g/mol. The molecule has 2 heterocycles. The van der Waals surface area contributed by atoms with Crippen LogP contribution >= 0.6 is 11.6 Å². The van der Waals surface area contributed by atoms with Gasteiger partial charge in [0.15, 0.2) is 5.75 Å². The van der Waals surface area contributed by atoms with Crippen molar-refractivity contribution in [2.24, 2.45) is 0 Å². The summed E-state index contributed by atoms with van der Waals surface area (Å²) < 4.78 is 35.0. The highest BCUT2D eigenvalue weighted by molar-refractivity contribution is 6.33. The minimum absolute atomic E-state index is 0.00993. The summed E-state index contributed by atoms with van der Waals surface area (Å²) in [6, 6.07) is 7.92. The van der Waals surface area contributed by atoms with E-state index in [4.69, 9.17) is 30.2 Å². The van der Waals surface area contributed by atoms with Crippen molar-refractivity contribution in [3.8, 4) is 11.5 Å². The van der Waals surface area contributed by atoms with Crippen molar-refractivity contribution in [1.82, 2.24) is 0 Å². The second-order valence-corrected chi connectivity index (χ2v) is 8.88. The molecule has 4 N–H and O–H groups in total. The van der Waals surface area contributed by atoms with Gasteiger partial charge in [-0.15, -0.1) is 0 Å². The van der Waals surface area contributed by atoms with Crippen LogP contribution in [0, 0.1) is 0 Å². The molecule has 1 unspecified atom stereocenters. The van der Waals surface area contributed by atoms with Gasteiger partial charge in [0.05, 0.1) is 17.7 Å². The fourth-order valence-corrected chi connectivity index (χ4v) is 4.08. The molecule has 38 heavy (non-hydrogen) atoms. The lowest BCUT2D eigenvalue weighted by atomic mass is 10.0. The fraction of sp³-hybridized carbons (Fsp3) is 0.320. The Balaban J connectivity index is 1.52. The summed E-state index contributed by atoms with van der Waals surface area (Å²) in [6.07, 6.45) is -4.76. The maximum atomic E-state index is 13.8. The summed E-state index contributed by atoms with van der Waals surface area (Å²) in [5.41, 5.74) is -1.10. The summed E-state index contributed by atoms with van der Waals surface area (Å²) in [5.74, 6) is -1.41. The van der Waals surface area contributed by atoms with Gasteiger partial charge in [-0.2, -0.15) is 0 Å². The molecule has 4 atom stereocenters. The van der Waals surface area contributed by atoms with E-state index in [0.717, 1.165) is 0 Å². The zero-order chi connectivity index (χ0) is 27.6. The zero-order valence-electron chi connectivity index (χ0n) is 19.9. The number of nitrogens with one attached hydrogen (secondary N) is 1. The van der Waals surface area contributed by atoms with E-state index in [1.165, 1.54) is 43.3 Å². The minimum atomic E-state index is -1.29. The SMILES string of the molecule is CC(=O)Oc1cc2oc(=O)c(C(=O)Nc3ccc(OC4C[C@@H](O)[C@@H](O)[C@@H](CO)O4)c(CF)c3)cc2cc1Cl. The number of hydrogen-bond donors (Lipinski definition) is 4. The van der Waals surface area contributed by atoms with Gasteiger partial charge >= 0.3 is 11.6 Å². The van der Waals surface area contributed by atoms with E-state index >= 15 is 0 Å². The van der Waals surface area contributed by atoms with Gasteiger partial charge in [0.2, 0.25) is 6.29 Å². The van der Waals surface area contributed by atoms with Crippen LogP contribution in [-0.2, 0) is 16.2 Å². The molecule has 1 aliphatic rings. The monoisotopic (exact) mass is 551 g/mol. The molecule has 0 spiro atoms. The average Bonchev–Trinajstić information content (AvgIpc) is 2.87. The molecule has 1 fully saturated rings. The Morgan fingerprint density at radius 3 is 2.63 bits per heavy atom. The van der Waals surface area contributed by atoms with Crippen LogP contribution in [0.2, 0.25) is 5.02 Å². The number of aliphatic hydroxyl groups is 3. The topological polar surface area (TPSA) is 165 Å². The van der Waals surface area contributed by atoms with E-state index in [1.807, 2.05) is 0 Å². The second-order valence-electron chi connectivity index (χ2n) is 8.47. The Kier molecular flexibility index (Phi) is 8.29. The lowest BCUT2D eigenvalue weighted by molar-refractivity contribution is -0.230. The molecule has 13 heteroatoms. The van der Waals surface area contributed by atoms with Crippen molar-refractivity contribution in [3.63, 3.8) is 0 Å². The quantitative estimate of drug-likeness (QED) is 0.194. The molecule has 11 nitrogen and oxygen atoms in total. The molecule has 0 bridgehead atoms. The van der Waals surface area contributed by atoms with E-state index in [9.17, 15) is 34.1 Å². The lowest BCUT2D eigenvalue weighted by Gasteiger charge is -2.36. The summed E-state index contributed by atoms with van der Waals surface area (Å²) in [4.78, 5) is 36.5. The number of alkyl halides is 1. The van der Waals surface area contributed by atoms with Crippen LogP contribution in [0.25, 0.3) is 11.0 Å². The van der Waals surface area contributed by atoms with Gasteiger partial charge < -0.3 is 39.3 Å². The third-order valence-corrected chi connectivity index (χ3v) is 6.02. The number of esters is 1. The number of rotatable bonds is 7. The molecule has 0 aliphatic carbocycles. The first-order valence-electron chi connectivity index (χ1n) is 11.3. The van der Waals surface area contributed by atoms with Crippen molar-refractivity contribution in [2.75, 3.05) is 11.9 Å². The van der Waals surface area contributed by atoms with Gasteiger partial charge in [-0.05, 0) is 30.3 Å². The number of aliphatic hydroxyl groups excluding tert-OH is 3. The van der Waals surface area contributed by atoms with E-state index < -0.39 is 55.4 Å². The number of anilines is 1. The molecule has 1 saturated heterocycles. The third-order valence-electron chi connectivity index (χ3n) is 5.72.